The van der Waals surface area contributed by atoms with Gasteiger partial charge in [0.1, 0.15) is 6.04 Å². The molecule has 140 valence electrons. The zero-order valence-electron chi connectivity index (χ0n) is 15.7. The van der Waals surface area contributed by atoms with E-state index in [0.29, 0.717) is 12.1 Å². The van der Waals surface area contributed by atoms with Crippen molar-refractivity contribution in [3.63, 3.8) is 0 Å². The van der Waals surface area contributed by atoms with Crippen molar-refractivity contribution in [2.75, 3.05) is 4.90 Å². The maximum absolute atomic E-state index is 12.6. The highest BCUT2D eigenvalue weighted by Gasteiger charge is 2.26. The molecule has 0 fully saturated rings. The zero-order valence-corrected chi connectivity index (χ0v) is 15.7. The van der Waals surface area contributed by atoms with Gasteiger partial charge in [0.2, 0.25) is 5.91 Å². The number of hydrogen-bond donors (Lipinski definition) is 1. The number of unbranched alkanes of at least 4 members (excludes halogenated alkanes) is 8. The molecule has 0 saturated heterocycles. The van der Waals surface area contributed by atoms with Gasteiger partial charge in [-0.05, 0) is 25.5 Å². The number of carbonyl (C=O) groups is 2. The normalized spacial score (nSPS) is 11.9. The van der Waals surface area contributed by atoms with E-state index in [9.17, 15) is 14.7 Å². The summed E-state index contributed by atoms with van der Waals surface area (Å²) in [6, 6.07) is 8.22. The maximum atomic E-state index is 12.6. The molecule has 1 rings (SSSR count). The highest BCUT2D eigenvalue weighted by Crippen LogP contribution is 2.19. The second-order valence-corrected chi connectivity index (χ2v) is 6.69. The third-order valence-corrected chi connectivity index (χ3v) is 4.54. The molecule has 0 spiro atoms. The summed E-state index contributed by atoms with van der Waals surface area (Å²) in [5.74, 6) is -1.09. The van der Waals surface area contributed by atoms with Crippen LogP contribution in [-0.4, -0.2) is 23.0 Å². The summed E-state index contributed by atoms with van der Waals surface area (Å²) in [7, 11) is 0. The van der Waals surface area contributed by atoms with Crippen LogP contribution in [0, 0.1) is 0 Å². The van der Waals surface area contributed by atoms with Crippen LogP contribution in [0.2, 0.25) is 0 Å². The number of anilines is 1. The molecule has 4 heteroatoms. The number of rotatable bonds is 13. The van der Waals surface area contributed by atoms with Crippen LogP contribution in [0.25, 0.3) is 0 Å². The number of carboxylic acids is 1. The van der Waals surface area contributed by atoms with Gasteiger partial charge in [-0.2, -0.15) is 0 Å². The van der Waals surface area contributed by atoms with Crippen molar-refractivity contribution in [2.45, 2.75) is 84.1 Å². The Hall–Kier alpha value is -1.84. The summed E-state index contributed by atoms with van der Waals surface area (Å²) in [5.41, 5.74) is 0.651. The average Bonchev–Trinajstić information content (AvgIpc) is 2.61. The number of amides is 1. The molecule has 0 bridgehead atoms. The van der Waals surface area contributed by atoms with Gasteiger partial charge in [0.25, 0.3) is 0 Å². The van der Waals surface area contributed by atoms with Crippen LogP contribution in [0.5, 0.6) is 0 Å². The van der Waals surface area contributed by atoms with E-state index in [0.717, 1.165) is 19.3 Å². The molecule has 1 unspecified atom stereocenters. The molecular weight excluding hydrogens is 314 g/mol. The second-order valence-electron chi connectivity index (χ2n) is 6.69. The molecule has 1 atom stereocenters. The second kappa shape index (κ2) is 12.5. The lowest BCUT2D eigenvalue weighted by Gasteiger charge is -2.26. The predicted molar refractivity (Wildman–Crippen MR) is 103 cm³/mol. The fraction of sp³-hybridized carbons (Fsp3) is 0.619. The van der Waals surface area contributed by atoms with Gasteiger partial charge >= 0.3 is 5.97 Å². The lowest BCUT2D eigenvalue weighted by Crippen LogP contribution is -2.43. The van der Waals surface area contributed by atoms with E-state index in [2.05, 4.69) is 6.92 Å². The van der Waals surface area contributed by atoms with E-state index in [-0.39, 0.29) is 5.91 Å². The molecule has 0 aliphatic rings. The van der Waals surface area contributed by atoms with Gasteiger partial charge in [0.15, 0.2) is 0 Å². The lowest BCUT2D eigenvalue weighted by molar-refractivity contribution is -0.139. The van der Waals surface area contributed by atoms with Crippen LogP contribution >= 0.6 is 0 Å². The molecule has 0 radical (unpaired) electrons. The maximum Gasteiger partial charge on any atom is 0.326 e. The number of carboxylic acid groups (broad SMARTS) is 1. The number of aliphatic carboxylic acids is 1. The third kappa shape index (κ3) is 8.19. The molecule has 1 aromatic rings. The van der Waals surface area contributed by atoms with Gasteiger partial charge < -0.3 is 5.11 Å². The molecule has 4 nitrogen and oxygen atoms in total. The molecule has 1 aromatic carbocycles. The Morgan fingerprint density at radius 2 is 1.44 bits per heavy atom. The molecular formula is C21H33NO3. The Balaban J connectivity index is 2.37. The van der Waals surface area contributed by atoms with Crippen molar-refractivity contribution in [1.29, 1.82) is 0 Å². The quantitative estimate of drug-likeness (QED) is 0.485. The summed E-state index contributed by atoms with van der Waals surface area (Å²) in [4.78, 5) is 25.3. The van der Waals surface area contributed by atoms with Gasteiger partial charge in [0, 0.05) is 12.1 Å². The third-order valence-electron chi connectivity index (χ3n) is 4.54. The number of nitrogens with zero attached hydrogens (tertiary/aromatic N) is 1. The molecule has 0 heterocycles. The molecule has 0 aromatic heterocycles. The Morgan fingerprint density at radius 1 is 0.920 bits per heavy atom. The summed E-state index contributed by atoms with van der Waals surface area (Å²) >= 11 is 0. The van der Waals surface area contributed by atoms with Gasteiger partial charge in [-0.25, -0.2) is 4.79 Å². The molecule has 25 heavy (non-hydrogen) atoms. The minimum Gasteiger partial charge on any atom is -0.480 e. The monoisotopic (exact) mass is 347 g/mol. The molecule has 0 saturated carbocycles. The van der Waals surface area contributed by atoms with Crippen molar-refractivity contribution in [1.82, 2.24) is 0 Å². The molecule has 1 amide bonds. The van der Waals surface area contributed by atoms with Crippen LogP contribution in [0.3, 0.4) is 0 Å². The van der Waals surface area contributed by atoms with Gasteiger partial charge in [-0.3, -0.25) is 9.69 Å². The first-order valence-corrected chi connectivity index (χ1v) is 9.67. The van der Waals surface area contributed by atoms with E-state index in [1.54, 1.807) is 19.1 Å². The first-order chi connectivity index (χ1) is 12.1. The summed E-state index contributed by atoms with van der Waals surface area (Å²) in [6.07, 6.45) is 11.2. The van der Waals surface area contributed by atoms with Crippen molar-refractivity contribution >= 4 is 17.6 Å². The number of carbonyl (C=O) groups excluding carboxylic acids is 1. The fourth-order valence-corrected chi connectivity index (χ4v) is 2.99. The van der Waals surface area contributed by atoms with Crippen molar-refractivity contribution in [3.8, 4) is 0 Å². The standard InChI is InChI=1S/C21H33NO3/c1-3-4-5-6-7-8-9-10-14-17-20(23)22(18(2)21(24)25)19-15-12-11-13-16-19/h11-13,15-16,18H,3-10,14,17H2,1-2H3,(H,24,25). The highest BCUT2D eigenvalue weighted by molar-refractivity contribution is 5.98. The minimum absolute atomic E-state index is 0.107. The average molecular weight is 347 g/mol. The highest BCUT2D eigenvalue weighted by atomic mass is 16.4. The van der Waals surface area contributed by atoms with Crippen molar-refractivity contribution < 1.29 is 14.7 Å². The summed E-state index contributed by atoms with van der Waals surface area (Å²) < 4.78 is 0. The Morgan fingerprint density at radius 3 is 1.96 bits per heavy atom. The van der Waals surface area contributed by atoms with E-state index in [1.165, 1.54) is 43.4 Å². The topological polar surface area (TPSA) is 57.6 Å². The number of hydrogen-bond acceptors (Lipinski definition) is 2. The predicted octanol–water partition coefficient (Wildman–Crippen LogP) is 5.41. The van der Waals surface area contributed by atoms with Gasteiger partial charge in [0.05, 0.1) is 0 Å². The largest absolute Gasteiger partial charge is 0.480 e. The Labute approximate surface area is 152 Å². The first-order valence-electron chi connectivity index (χ1n) is 9.67. The van der Waals surface area contributed by atoms with Crippen molar-refractivity contribution in [3.05, 3.63) is 30.3 Å². The van der Waals surface area contributed by atoms with Gasteiger partial charge in [-0.1, -0.05) is 76.5 Å². The molecule has 1 N–H and O–H groups in total. The van der Waals surface area contributed by atoms with Crippen molar-refractivity contribution in [2.24, 2.45) is 0 Å². The van der Waals surface area contributed by atoms with Crippen LogP contribution < -0.4 is 4.90 Å². The minimum atomic E-state index is -0.982. The van der Waals surface area contributed by atoms with E-state index in [1.807, 2.05) is 18.2 Å². The van der Waals surface area contributed by atoms with Crippen LogP contribution in [0.15, 0.2) is 30.3 Å². The fourth-order valence-electron chi connectivity index (χ4n) is 2.99. The summed E-state index contributed by atoms with van der Waals surface area (Å²) in [5, 5.41) is 9.30. The Bertz CT molecular complexity index is 501. The van der Waals surface area contributed by atoms with Crippen LogP contribution in [0.1, 0.15) is 78.1 Å². The Kier molecular flexibility index (Phi) is 10.6. The lowest BCUT2D eigenvalue weighted by atomic mass is 10.1. The van der Waals surface area contributed by atoms with E-state index in [4.69, 9.17) is 0 Å². The van der Waals surface area contributed by atoms with E-state index >= 15 is 0 Å². The zero-order chi connectivity index (χ0) is 18.5. The van der Waals surface area contributed by atoms with Crippen LogP contribution in [-0.2, 0) is 9.59 Å². The SMILES string of the molecule is CCCCCCCCCCCC(=O)N(c1ccccc1)C(C)C(=O)O. The number of para-hydroxylation sites is 1. The molecule has 0 aliphatic heterocycles. The van der Waals surface area contributed by atoms with E-state index < -0.39 is 12.0 Å². The number of benzene rings is 1. The van der Waals surface area contributed by atoms with Gasteiger partial charge in [-0.15, -0.1) is 0 Å². The smallest absolute Gasteiger partial charge is 0.326 e. The summed E-state index contributed by atoms with van der Waals surface area (Å²) in [6.45, 7) is 3.78. The first kappa shape index (κ1) is 21.2. The van der Waals surface area contributed by atoms with Crippen LogP contribution in [0.4, 0.5) is 5.69 Å². The molecule has 0 aliphatic carbocycles.